The number of carbonyl (C=O) groups excluding carboxylic acids is 1. The molecule has 5 aromatic carbocycles. The number of para-hydroxylation sites is 2. The van der Waals surface area contributed by atoms with Crippen molar-refractivity contribution < 1.29 is 36.7 Å². The number of carboxylic acid groups (broad SMARTS) is 1. The maximum absolute atomic E-state index is 14.3. The molecule has 0 aliphatic rings. The zero-order valence-corrected chi connectivity index (χ0v) is 25.0. The van der Waals surface area contributed by atoms with Gasteiger partial charge in [-0.1, -0.05) is 84.9 Å². The van der Waals surface area contributed by atoms with Crippen LogP contribution in [0.15, 0.2) is 114 Å². The fraction of sp³-hybridized carbons (Fsp3) is 0.111. The molecule has 1 atom stereocenters. The van der Waals surface area contributed by atoms with Gasteiger partial charge in [0.1, 0.15) is 17.0 Å². The number of nitrogens with one attached hydrogen (secondary N) is 1. The normalized spacial score (nSPS) is 13.1. The van der Waals surface area contributed by atoms with Gasteiger partial charge in [-0.25, -0.2) is 9.18 Å². The van der Waals surface area contributed by atoms with E-state index in [0.717, 1.165) is 61.5 Å². The summed E-state index contributed by atoms with van der Waals surface area (Å²) in [6.07, 6.45) is -4.79. The average Bonchev–Trinajstić information content (AvgIpc) is 3.42. The SMILES string of the molecule is C[C@@](NC(=O)c1ccc(C(F)(F)F)cc1F)(SCc1ccc(-c2ccc(-c3cccc4c3oc3ccccc34)cc2)cc1)C(=O)O. The number of benzene rings is 5. The Morgan fingerprint density at radius 3 is 2.09 bits per heavy atom. The van der Waals surface area contributed by atoms with Crippen LogP contribution in [0.3, 0.4) is 0 Å². The van der Waals surface area contributed by atoms with Gasteiger partial charge in [0.25, 0.3) is 5.91 Å². The van der Waals surface area contributed by atoms with Gasteiger partial charge in [-0.2, -0.15) is 13.2 Å². The summed E-state index contributed by atoms with van der Waals surface area (Å²) >= 11 is 0.882. The third-order valence-corrected chi connectivity index (χ3v) is 9.05. The fourth-order valence-electron chi connectivity index (χ4n) is 5.15. The third-order valence-electron chi connectivity index (χ3n) is 7.72. The molecule has 6 aromatic rings. The number of furan rings is 1. The van der Waals surface area contributed by atoms with Gasteiger partial charge in [0.15, 0.2) is 4.87 Å². The zero-order valence-electron chi connectivity index (χ0n) is 24.2. The van der Waals surface area contributed by atoms with Gasteiger partial charge in [0, 0.05) is 22.1 Å². The minimum atomic E-state index is -4.79. The van der Waals surface area contributed by atoms with Gasteiger partial charge in [-0.15, -0.1) is 11.8 Å². The first-order valence-corrected chi connectivity index (χ1v) is 15.1. The van der Waals surface area contributed by atoms with Crippen molar-refractivity contribution in [3.63, 3.8) is 0 Å². The number of thioether (sulfide) groups is 1. The highest BCUT2D eigenvalue weighted by Gasteiger charge is 2.37. The molecule has 0 unspecified atom stereocenters. The number of rotatable bonds is 8. The van der Waals surface area contributed by atoms with Crippen molar-refractivity contribution in [3.05, 3.63) is 132 Å². The summed E-state index contributed by atoms with van der Waals surface area (Å²) in [7, 11) is 0. The van der Waals surface area contributed by atoms with E-state index in [1.165, 1.54) is 6.92 Å². The van der Waals surface area contributed by atoms with Crippen molar-refractivity contribution >= 4 is 45.6 Å². The van der Waals surface area contributed by atoms with Crippen LogP contribution in [0.25, 0.3) is 44.2 Å². The second-order valence-corrected chi connectivity index (χ2v) is 12.2. The summed E-state index contributed by atoms with van der Waals surface area (Å²) in [5, 5.41) is 14.2. The number of aliphatic carboxylic acids is 1. The summed E-state index contributed by atoms with van der Waals surface area (Å²) in [6.45, 7) is 1.24. The number of carbonyl (C=O) groups is 2. The molecule has 5 nitrogen and oxygen atoms in total. The molecule has 2 N–H and O–H groups in total. The van der Waals surface area contributed by atoms with E-state index in [9.17, 15) is 32.3 Å². The molecule has 6 rings (SSSR count). The summed E-state index contributed by atoms with van der Waals surface area (Å²) in [6, 6.07) is 31.0. The third kappa shape index (κ3) is 6.08. The van der Waals surface area contributed by atoms with Crippen LogP contribution in [0.5, 0.6) is 0 Å². The molecule has 1 heterocycles. The number of amides is 1. The summed E-state index contributed by atoms with van der Waals surface area (Å²) in [4.78, 5) is 22.9. The van der Waals surface area contributed by atoms with Crippen LogP contribution in [-0.2, 0) is 16.7 Å². The van der Waals surface area contributed by atoms with Crippen LogP contribution in [0.1, 0.15) is 28.4 Å². The Morgan fingerprint density at radius 1 is 0.804 bits per heavy atom. The molecule has 0 spiro atoms. The lowest BCUT2D eigenvalue weighted by Crippen LogP contribution is -2.49. The van der Waals surface area contributed by atoms with Gasteiger partial charge in [0.2, 0.25) is 0 Å². The van der Waals surface area contributed by atoms with E-state index < -0.39 is 39.9 Å². The minimum Gasteiger partial charge on any atom is -0.479 e. The van der Waals surface area contributed by atoms with Crippen LogP contribution >= 0.6 is 11.8 Å². The highest BCUT2D eigenvalue weighted by atomic mass is 32.2. The Morgan fingerprint density at radius 2 is 1.43 bits per heavy atom. The Bertz CT molecular complexity index is 2090. The monoisotopic (exact) mass is 643 g/mol. The van der Waals surface area contributed by atoms with Crippen LogP contribution < -0.4 is 5.32 Å². The Kier molecular flexibility index (Phi) is 8.08. The van der Waals surface area contributed by atoms with E-state index >= 15 is 0 Å². The topological polar surface area (TPSA) is 79.5 Å². The predicted octanol–water partition coefficient (Wildman–Crippen LogP) is 9.54. The van der Waals surface area contributed by atoms with E-state index in [4.69, 9.17) is 4.42 Å². The van der Waals surface area contributed by atoms with Crippen molar-refractivity contribution in [3.8, 4) is 22.3 Å². The maximum Gasteiger partial charge on any atom is 0.416 e. The molecule has 232 valence electrons. The number of carboxylic acids is 1. The van der Waals surface area contributed by atoms with Crippen molar-refractivity contribution in [2.75, 3.05) is 0 Å². The number of halogens is 4. The molecule has 0 fully saturated rings. The lowest BCUT2D eigenvalue weighted by Gasteiger charge is -2.26. The smallest absolute Gasteiger partial charge is 0.416 e. The lowest BCUT2D eigenvalue weighted by molar-refractivity contribution is -0.140. The van der Waals surface area contributed by atoms with Crippen LogP contribution in [0.4, 0.5) is 17.6 Å². The summed E-state index contributed by atoms with van der Waals surface area (Å²) in [5.41, 5.74) is 4.39. The molecular weight excluding hydrogens is 618 g/mol. The molecule has 1 aromatic heterocycles. The molecule has 1 amide bonds. The Hall–Kier alpha value is -5.09. The summed E-state index contributed by atoms with van der Waals surface area (Å²) < 4.78 is 59.1. The van der Waals surface area contributed by atoms with E-state index in [-0.39, 0.29) is 11.8 Å². The first-order valence-electron chi connectivity index (χ1n) is 14.1. The Labute approximate surface area is 264 Å². The summed E-state index contributed by atoms with van der Waals surface area (Å²) in [5.74, 6) is -3.76. The van der Waals surface area contributed by atoms with E-state index in [1.54, 1.807) is 0 Å². The Balaban J connectivity index is 1.14. The zero-order chi connectivity index (χ0) is 32.6. The van der Waals surface area contributed by atoms with Gasteiger partial charge in [-0.3, -0.25) is 4.79 Å². The molecule has 0 saturated heterocycles. The van der Waals surface area contributed by atoms with Gasteiger partial charge < -0.3 is 14.8 Å². The second-order valence-electron chi connectivity index (χ2n) is 10.8. The van der Waals surface area contributed by atoms with Crippen LogP contribution in [0.2, 0.25) is 0 Å². The highest BCUT2D eigenvalue weighted by Crippen LogP contribution is 2.37. The molecule has 46 heavy (non-hydrogen) atoms. The number of hydrogen-bond acceptors (Lipinski definition) is 4. The highest BCUT2D eigenvalue weighted by molar-refractivity contribution is 8.00. The van der Waals surface area contributed by atoms with Crippen LogP contribution in [-0.4, -0.2) is 21.9 Å². The van der Waals surface area contributed by atoms with Crippen LogP contribution in [0, 0.1) is 5.82 Å². The van der Waals surface area contributed by atoms with Gasteiger partial charge in [0.05, 0.1) is 11.1 Å². The molecule has 0 aliphatic carbocycles. The molecule has 0 radical (unpaired) electrons. The first kappa shape index (κ1) is 30.9. The van der Waals surface area contributed by atoms with Crippen molar-refractivity contribution in [2.24, 2.45) is 0 Å². The molecule has 0 aliphatic heterocycles. The van der Waals surface area contributed by atoms with Gasteiger partial charge in [-0.05, 0) is 53.4 Å². The first-order chi connectivity index (χ1) is 21.9. The molecule has 10 heteroatoms. The van der Waals surface area contributed by atoms with Gasteiger partial charge >= 0.3 is 12.1 Å². The number of hydrogen-bond donors (Lipinski definition) is 2. The largest absolute Gasteiger partial charge is 0.479 e. The van der Waals surface area contributed by atoms with Crippen molar-refractivity contribution in [1.29, 1.82) is 0 Å². The van der Waals surface area contributed by atoms with E-state index in [1.807, 2.05) is 91.0 Å². The lowest BCUT2D eigenvalue weighted by atomic mass is 9.98. The van der Waals surface area contributed by atoms with Crippen molar-refractivity contribution in [1.82, 2.24) is 5.32 Å². The average molecular weight is 644 g/mol. The molecule has 0 bridgehead atoms. The second kappa shape index (κ2) is 12.0. The fourth-order valence-corrected chi connectivity index (χ4v) is 6.08. The minimum absolute atomic E-state index is 0.180. The quantitative estimate of drug-likeness (QED) is 0.128. The van der Waals surface area contributed by atoms with Crippen molar-refractivity contribution in [2.45, 2.75) is 23.7 Å². The number of fused-ring (bicyclic) bond motifs is 3. The van der Waals surface area contributed by atoms with E-state index in [2.05, 4.69) is 5.32 Å². The molecular formula is C36H25F4NO4S. The number of alkyl halides is 3. The standard InChI is InChI=1S/C36H25F4NO4S/c1-35(34(43)44,41-33(42)29-18-17-25(19-30(29)37)36(38,39)40)46-20-21-9-11-22(12-10-21)23-13-15-24(16-14-23)26-6-4-7-28-27-5-2-3-8-31(27)45-32(26)28/h2-19H,20H2,1H3,(H,41,42)(H,43,44)/t35-/m1/s1. The maximum atomic E-state index is 14.3. The predicted molar refractivity (Wildman–Crippen MR) is 171 cm³/mol. The molecule has 0 saturated carbocycles. The van der Waals surface area contributed by atoms with E-state index in [0.29, 0.717) is 12.1 Å².